The third kappa shape index (κ3) is 4.48. The van der Waals surface area contributed by atoms with Gasteiger partial charge in [0.2, 0.25) is 0 Å². The second-order valence-electron chi connectivity index (χ2n) is 4.89. The zero-order chi connectivity index (χ0) is 15.8. The molecule has 0 radical (unpaired) electrons. The number of ether oxygens (including phenoxy) is 4. The largest absolute Gasteiger partial charge is 0.497 e. The Kier molecular flexibility index (Phi) is 6.25. The Morgan fingerprint density at radius 1 is 0.955 bits per heavy atom. The van der Waals surface area contributed by atoms with Crippen molar-refractivity contribution in [1.29, 1.82) is 0 Å². The van der Waals surface area contributed by atoms with Crippen molar-refractivity contribution in [3.63, 3.8) is 0 Å². The maximum Gasteiger partial charge on any atom is 0.188 e. The highest BCUT2D eigenvalue weighted by molar-refractivity contribution is 5.35. The number of methoxy groups -OCH3 is 2. The van der Waals surface area contributed by atoms with E-state index < -0.39 is 0 Å². The summed E-state index contributed by atoms with van der Waals surface area (Å²) in [5.41, 5.74) is 2.11. The molecule has 118 valence electrons. The summed E-state index contributed by atoms with van der Waals surface area (Å²) in [4.78, 5) is 0. The van der Waals surface area contributed by atoms with E-state index in [9.17, 15) is 0 Å². The van der Waals surface area contributed by atoms with E-state index in [1.807, 2.05) is 55.5 Å². The molecule has 4 heteroatoms. The van der Waals surface area contributed by atoms with E-state index in [0.717, 1.165) is 22.6 Å². The minimum atomic E-state index is -0.0739. The molecule has 0 aliphatic carbocycles. The van der Waals surface area contributed by atoms with Gasteiger partial charge in [0.15, 0.2) is 6.79 Å². The van der Waals surface area contributed by atoms with Gasteiger partial charge in [-0.05, 0) is 30.7 Å². The third-order valence-electron chi connectivity index (χ3n) is 3.35. The lowest BCUT2D eigenvalue weighted by molar-refractivity contribution is 0.0348. The van der Waals surface area contributed by atoms with E-state index in [-0.39, 0.29) is 12.9 Å². The number of rotatable bonds is 8. The summed E-state index contributed by atoms with van der Waals surface area (Å²) in [7, 11) is 3.26. The fourth-order valence-electron chi connectivity index (χ4n) is 2.10. The van der Waals surface area contributed by atoms with Gasteiger partial charge >= 0.3 is 0 Å². The summed E-state index contributed by atoms with van der Waals surface area (Å²) < 4.78 is 21.6. The molecule has 2 aromatic rings. The molecular weight excluding hydrogens is 280 g/mol. The average molecular weight is 302 g/mol. The van der Waals surface area contributed by atoms with Crippen molar-refractivity contribution >= 4 is 0 Å². The fourth-order valence-corrected chi connectivity index (χ4v) is 2.10. The first-order valence-electron chi connectivity index (χ1n) is 7.19. The van der Waals surface area contributed by atoms with Crippen molar-refractivity contribution in [2.24, 2.45) is 0 Å². The first kappa shape index (κ1) is 16.3. The molecular formula is C18H22O4. The molecule has 0 spiro atoms. The van der Waals surface area contributed by atoms with E-state index >= 15 is 0 Å². The number of para-hydroxylation sites is 1. The van der Waals surface area contributed by atoms with Crippen LogP contribution >= 0.6 is 0 Å². The quantitative estimate of drug-likeness (QED) is 0.692. The van der Waals surface area contributed by atoms with Gasteiger partial charge in [-0.3, -0.25) is 0 Å². The molecule has 0 heterocycles. The molecule has 0 bridgehead atoms. The van der Waals surface area contributed by atoms with Crippen LogP contribution in [0.5, 0.6) is 11.5 Å². The van der Waals surface area contributed by atoms with Crippen LogP contribution in [0.25, 0.3) is 0 Å². The van der Waals surface area contributed by atoms with Crippen LogP contribution < -0.4 is 9.47 Å². The van der Waals surface area contributed by atoms with Crippen LogP contribution in [-0.2, 0) is 16.1 Å². The highest BCUT2D eigenvalue weighted by Gasteiger charge is 2.12. The van der Waals surface area contributed by atoms with Gasteiger partial charge in [0.25, 0.3) is 0 Å². The molecule has 0 amide bonds. The zero-order valence-electron chi connectivity index (χ0n) is 13.2. The number of hydrogen-bond acceptors (Lipinski definition) is 4. The fraction of sp³-hybridized carbons (Fsp3) is 0.333. The van der Waals surface area contributed by atoms with Crippen LogP contribution in [0.1, 0.15) is 24.2 Å². The molecule has 0 fully saturated rings. The van der Waals surface area contributed by atoms with Gasteiger partial charge in [0.1, 0.15) is 11.5 Å². The Bertz CT molecular complexity index is 566. The third-order valence-corrected chi connectivity index (χ3v) is 3.35. The standard InChI is InChI=1S/C18H22O4/c1-14(17-6-4-5-7-18(17)22-13-19-2)21-12-15-8-10-16(20-3)11-9-15/h4-11,14H,12-13H2,1-3H3. The minimum absolute atomic E-state index is 0.0739. The summed E-state index contributed by atoms with van der Waals surface area (Å²) in [6.45, 7) is 2.77. The van der Waals surface area contributed by atoms with Gasteiger partial charge < -0.3 is 18.9 Å². The van der Waals surface area contributed by atoms with Gasteiger partial charge in [0.05, 0.1) is 19.8 Å². The van der Waals surface area contributed by atoms with Gasteiger partial charge in [-0.15, -0.1) is 0 Å². The molecule has 0 aliphatic rings. The van der Waals surface area contributed by atoms with Crippen LogP contribution in [0, 0.1) is 0 Å². The predicted octanol–water partition coefficient (Wildman–Crippen LogP) is 3.96. The van der Waals surface area contributed by atoms with Gasteiger partial charge in [0, 0.05) is 12.7 Å². The number of benzene rings is 2. The molecule has 0 saturated carbocycles. The predicted molar refractivity (Wildman–Crippen MR) is 85.1 cm³/mol. The summed E-state index contributed by atoms with van der Waals surface area (Å²) in [6.07, 6.45) is -0.0739. The minimum Gasteiger partial charge on any atom is -0.497 e. The monoisotopic (exact) mass is 302 g/mol. The summed E-state index contributed by atoms with van der Waals surface area (Å²) in [5.74, 6) is 1.63. The van der Waals surface area contributed by atoms with Gasteiger partial charge in [-0.1, -0.05) is 30.3 Å². The van der Waals surface area contributed by atoms with E-state index in [1.54, 1.807) is 14.2 Å². The SMILES string of the molecule is COCOc1ccccc1C(C)OCc1ccc(OC)cc1. The van der Waals surface area contributed by atoms with E-state index in [4.69, 9.17) is 18.9 Å². The van der Waals surface area contributed by atoms with Crippen LogP contribution in [0.2, 0.25) is 0 Å². The Morgan fingerprint density at radius 2 is 1.68 bits per heavy atom. The van der Waals surface area contributed by atoms with Crippen molar-refractivity contribution in [2.45, 2.75) is 19.6 Å². The Hall–Kier alpha value is -2.04. The molecule has 0 aromatic heterocycles. The van der Waals surface area contributed by atoms with Gasteiger partial charge in [-0.25, -0.2) is 0 Å². The molecule has 0 aliphatic heterocycles. The lowest BCUT2D eigenvalue weighted by atomic mass is 10.1. The van der Waals surface area contributed by atoms with E-state index in [2.05, 4.69) is 0 Å². The Labute approximate surface area is 131 Å². The lowest BCUT2D eigenvalue weighted by Crippen LogP contribution is -2.06. The molecule has 4 nitrogen and oxygen atoms in total. The Balaban J connectivity index is 1.97. The average Bonchev–Trinajstić information content (AvgIpc) is 2.58. The highest BCUT2D eigenvalue weighted by Crippen LogP contribution is 2.28. The van der Waals surface area contributed by atoms with Crippen molar-refractivity contribution in [1.82, 2.24) is 0 Å². The van der Waals surface area contributed by atoms with Crippen molar-refractivity contribution in [3.05, 3.63) is 59.7 Å². The summed E-state index contributed by atoms with van der Waals surface area (Å²) in [5, 5.41) is 0. The zero-order valence-corrected chi connectivity index (χ0v) is 13.2. The molecule has 0 N–H and O–H groups in total. The summed E-state index contributed by atoms with van der Waals surface area (Å²) in [6, 6.07) is 15.7. The maximum absolute atomic E-state index is 5.95. The second kappa shape index (κ2) is 8.41. The van der Waals surface area contributed by atoms with Crippen LogP contribution in [-0.4, -0.2) is 21.0 Å². The molecule has 1 atom stereocenters. The number of hydrogen-bond donors (Lipinski definition) is 0. The molecule has 0 saturated heterocycles. The normalized spacial score (nSPS) is 12.0. The lowest BCUT2D eigenvalue weighted by Gasteiger charge is -2.17. The van der Waals surface area contributed by atoms with Crippen LogP contribution in [0.4, 0.5) is 0 Å². The van der Waals surface area contributed by atoms with Crippen LogP contribution in [0.3, 0.4) is 0 Å². The van der Waals surface area contributed by atoms with E-state index in [1.165, 1.54) is 0 Å². The highest BCUT2D eigenvalue weighted by atomic mass is 16.7. The molecule has 2 rings (SSSR count). The molecule has 2 aromatic carbocycles. The van der Waals surface area contributed by atoms with Crippen molar-refractivity contribution in [3.8, 4) is 11.5 Å². The smallest absolute Gasteiger partial charge is 0.188 e. The maximum atomic E-state index is 5.95. The molecule has 1 unspecified atom stereocenters. The topological polar surface area (TPSA) is 36.9 Å². The van der Waals surface area contributed by atoms with Crippen molar-refractivity contribution < 1.29 is 18.9 Å². The first-order valence-corrected chi connectivity index (χ1v) is 7.19. The van der Waals surface area contributed by atoms with E-state index in [0.29, 0.717) is 6.61 Å². The molecule has 22 heavy (non-hydrogen) atoms. The van der Waals surface area contributed by atoms with Crippen molar-refractivity contribution in [2.75, 3.05) is 21.0 Å². The summed E-state index contributed by atoms with van der Waals surface area (Å²) >= 11 is 0. The second-order valence-corrected chi connectivity index (χ2v) is 4.89. The van der Waals surface area contributed by atoms with Crippen LogP contribution in [0.15, 0.2) is 48.5 Å². The first-order chi connectivity index (χ1) is 10.7. The Morgan fingerprint density at radius 3 is 2.36 bits per heavy atom. The van der Waals surface area contributed by atoms with Gasteiger partial charge in [-0.2, -0.15) is 0 Å².